The summed E-state index contributed by atoms with van der Waals surface area (Å²) in [5, 5.41) is 0. The molecule has 9 nitrogen and oxygen atoms in total. The van der Waals surface area contributed by atoms with E-state index >= 15 is 0 Å². The van der Waals surface area contributed by atoms with Crippen LogP contribution in [0.15, 0.2) is 30.5 Å². The molecule has 0 N–H and O–H groups in total. The van der Waals surface area contributed by atoms with Crippen molar-refractivity contribution >= 4 is 12.1 Å². The van der Waals surface area contributed by atoms with Gasteiger partial charge in [0.2, 0.25) is 0 Å². The Morgan fingerprint density at radius 2 is 1.88 bits per heavy atom. The molecule has 2 heterocycles. The summed E-state index contributed by atoms with van der Waals surface area (Å²) in [6.07, 6.45) is 1.61. The Labute approximate surface area is 193 Å². The second-order valence-electron chi connectivity index (χ2n) is 8.49. The summed E-state index contributed by atoms with van der Waals surface area (Å²) in [5.41, 5.74) is 1.50. The average molecular weight is 459 g/mol. The fraction of sp³-hybridized carbons (Fsp3) is 0.458. The number of carbonyl (C=O) groups excluding carboxylic acids is 2. The highest BCUT2D eigenvalue weighted by Gasteiger charge is 2.39. The summed E-state index contributed by atoms with van der Waals surface area (Å²) in [6, 6.07) is 6.22. The molecule has 1 amide bonds. The molecule has 33 heavy (non-hydrogen) atoms. The van der Waals surface area contributed by atoms with Crippen LogP contribution in [0.4, 0.5) is 4.79 Å². The van der Waals surface area contributed by atoms with Crippen LogP contribution in [0.1, 0.15) is 43.6 Å². The normalized spacial score (nSPS) is 15.3. The molecule has 0 bridgehead atoms. The van der Waals surface area contributed by atoms with Gasteiger partial charge in [0.25, 0.3) is 0 Å². The topological polar surface area (TPSA) is 96.4 Å². The molecular formula is C24H30N2O7. The fourth-order valence-corrected chi connectivity index (χ4v) is 3.68. The highest BCUT2D eigenvalue weighted by Crippen LogP contribution is 2.35. The van der Waals surface area contributed by atoms with Crippen molar-refractivity contribution in [3.8, 4) is 17.2 Å². The predicted molar refractivity (Wildman–Crippen MR) is 120 cm³/mol. The van der Waals surface area contributed by atoms with E-state index in [9.17, 15) is 9.59 Å². The van der Waals surface area contributed by atoms with Gasteiger partial charge in [0.1, 0.15) is 23.7 Å². The number of aromatic nitrogens is 1. The van der Waals surface area contributed by atoms with Crippen LogP contribution in [0.3, 0.4) is 0 Å². The highest BCUT2D eigenvalue weighted by molar-refractivity contribution is 5.84. The number of esters is 1. The molecule has 0 radical (unpaired) electrons. The Bertz CT molecular complexity index is 1020. The summed E-state index contributed by atoms with van der Waals surface area (Å²) in [5.74, 6) is 1.16. The number of nitrogens with zero attached hydrogens (tertiary/aromatic N) is 2. The molecule has 1 atom stereocenters. The van der Waals surface area contributed by atoms with Gasteiger partial charge in [0, 0.05) is 18.8 Å². The maximum atomic E-state index is 12.7. The van der Waals surface area contributed by atoms with Gasteiger partial charge < -0.3 is 23.7 Å². The first kappa shape index (κ1) is 24.2. The minimum atomic E-state index is -0.886. The van der Waals surface area contributed by atoms with E-state index in [1.807, 2.05) is 6.07 Å². The monoisotopic (exact) mass is 458 g/mol. The third-order valence-corrected chi connectivity index (χ3v) is 5.14. The average Bonchev–Trinajstić information content (AvgIpc) is 2.79. The lowest BCUT2D eigenvalue weighted by molar-refractivity contribution is -0.147. The lowest BCUT2D eigenvalue weighted by Crippen LogP contribution is -2.46. The van der Waals surface area contributed by atoms with Gasteiger partial charge in [0.05, 0.1) is 21.3 Å². The third kappa shape index (κ3) is 5.47. The number of methoxy groups -OCH3 is 3. The van der Waals surface area contributed by atoms with E-state index < -0.39 is 23.7 Å². The number of carbonyl (C=O) groups is 2. The van der Waals surface area contributed by atoms with Gasteiger partial charge >= 0.3 is 12.1 Å². The van der Waals surface area contributed by atoms with Crippen molar-refractivity contribution in [3.63, 3.8) is 0 Å². The fourth-order valence-electron chi connectivity index (χ4n) is 3.68. The molecule has 1 aliphatic rings. The minimum Gasteiger partial charge on any atom is -0.493 e. The van der Waals surface area contributed by atoms with Gasteiger partial charge in [-0.25, -0.2) is 9.59 Å². The summed E-state index contributed by atoms with van der Waals surface area (Å²) in [4.78, 5) is 31.1. The van der Waals surface area contributed by atoms with Crippen molar-refractivity contribution < 1.29 is 33.3 Å². The zero-order valence-corrected chi connectivity index (χ0v) is 19.8. The zero-order valence-electron chi connectivity index (χ0n) is 19.8. The van der Waals surface area contributed by atoms with Crippen molar-refractivity contribution in [3.05, 3.63) is 47.3 Å². The Morgan fingerprint density at radius 3 is 2.52 bits per heavy atom. The zero-order chi connectivity index (χ0) is 24.2. The summed E-state index contributed by atoms with van der Waals surface area (Å²) >= 11 is 0. The number of benzene rings is 1. The van der Waals surface area contributed by atoms with Gasteiger partial charge in [-0.2, -0.15) is 0 Å². The first-order valence-corrected chi connectivity index (χ1v) is 10.6. The van der Waals surface area contributed by atoms with Crippen LogP contribution >= 0.6 is 0 Å². The van der Waals surface area contributed by atoms with Crippen LogP contribution in [-0.2, 0) is 27.3 Å². The second kappa shape index (κ2) is 9.97. The molecule has 2 aromatic rings. The van der Waals surface area contributed by atoms with E-state index in [1.54, 1.807) is 59.4 Å². The molecule has 0 spiro atoms. The lowest BCUT2D eigenvalue weighted by atomic mass is 9.92. The van der Waals surface area contributed by atoms with Crippen LogP contribution < -0.4 is 14.2 Å². The lowest BCUT2D eigenvalue weighted by Gasteiger charge is -2.36. The van der Waals surface area contributed by atoms with Crippen molar-refractivity contribution in [1.29, 1.82) is 0 Å². The first-order chi connectivity index (χ1) is 15.7. The summed E-state index contributed by atoms with van der Waals surface area (Å²) in [6.45, 7) is 5.84. The Morgan fingerprint density at radius 1 is 1.12 bits per heavy atom. The van der Waals surface area contributed by atoms with Crippen LogP contribution in [0.5, 0.6) is 17.2 Å². The highest BCUT2D eigenvalue weighted by atomic mass is 16.6. The SMILES string of the molecule is COC(=O)[C@H]1c2ccc(OCc3nccc(OC)c3OC)cc2CCN1C(=O)OC(C)(C)C. The molecule has 0 saturated heterocycles. The van der Waals surface area contributed by atoms with E-state index in [-0.39, 0.29) is 6.61 Å². The van der Waals surface area contributed by atoms with Gasteiger partial charge in [-0.1, -0.05) is 6.07 Å². The van der Waals surface area contributed by atoms with Crippen molar-refractivity contribution in [1.82, 2.24) is 9.88 Å². The number of pyridine rings is 1. The van der Waals surface area contributed by atoms with Gasteiger partial charge in [0.15, 0.2) is 17.5 Å². The molecular weight excluding hydrogens is 428 g/mol. The minimum absolute atomic E-state index is 0.170. The van der Waals surface area contributed by atoms with Crippen molar-refractivity contribution in [2.45, 2.75) is 45.4 Å². The Hall–Kier alpha value is -3.49. The molecule has 178 valence electrons. The number of amides is 1. The molecule has 1 aromatic heterocycles. The molecule has 0 fully saturated rings. The van der Waals surface area contributed by atoms with Gasteiger partial charge in [-0.15, -0.1) is 0 Å². The number of hydrogen-bond acceptors (Lipinski definition) is 8. The van der Waals surface area contributed by atoms with Crippen molar-refractivity contribution in [2.75, 3.05) is 27.9 Å². The quantitative estimate of drug-likeness (QED) is 0.605. The number of ether oxygens (including phenoxy) is 5. The van der Waals surface area contributed by atoms with Gasteiger partial charge in [-0.3, -0.25) is 9.88 Å². The van der Waals surface area contributed by atoms with Crippen molar-refractivity contribution in [2.24, 2.45) is 0 Å². The predicted octanol–water partition coefficient (Wildman–Crippen LogP) is 3.69. The first-order valence-electron chi connectivity index (χ1n) is 10.6. The Balaban J connectivity index is 1.83. The van der Waals surface area contributed by atoms with E-state index in [0.717, 1.165) is 5.56 Å². The van der Waals surface area contributed by atoms with Gasteiger partial charge in [-0.05, 0) is 50.5 Å². The molecule has 1 aliphatic heterocycles. The summed E-state index contributed by atoms with van der Waals surface area (Å²) < 4.78 is 27.1. The Kier molecular flexibility index (Phi) is 7.30. The van der Waals surface area contributed by atoms with Crippen LogP contribution in [-0.4, -0.2) is 55.4 Å². The second-order valence-corrected chi connectivity index (χ2v) is 8.49. The number of hydrogen-bond donors (Lipinski definition) is 0. The van der Waals surface area contributed by atoms with E-state index in [2.05, 4.69) is 4.98 Å². The molecule has 0 aliphatic carbocycles. The van der Waals surface area contributed by atoms with E-state index in [1.165, 1.54) is 12.0 Å². The maximum Gasteiger partial charge on any atom is 0.411 e. The smallest absolute Gasteiger partial charge is 0.411 e. The number of fused-ring (bicyclic) bond motifs is 1. The van der Waals surface area contributed by atoms with Crippen LogP contribution in [0.25, 0.3) is 0 Å². The maximum absolute atomic E-state index is 12.7. The molecule has 9 heteroatoms. The largest absolute Gasteiger partial charge is 0.493 e. The molecule has 1 aromatic carbocycles. The van der Waals surface area contributed by atoms with E-state index in [0.29, 0.717) is 41.5 Å². The molecule has 0 unspecified atom stereocenters. The van der Waals surface area contributed by atoms with Crippen LogP contribution in [0, 0.1) is 0 Å². The molecule has 0 saturated carbocycles. The van der Waals surface area contributed by atoms with E-state index in [4.69, 9.17) is 23.7 Å². The van der Waals surface area contributed by atoms with Crippen LogP contribution in [0.2, 0.25) is 0 Å². The number of rotatable bonds is 6. The summed E-state index contributed by atoms with van der Waals surface area (Å²) in [7, 11) is 4.41. The standard InChI is InChI=1S/C24H30N2O7/c1-24(2,3)33-23(28)26-12-10-15-13-16(7-8-17(15)20(26)22(27)31-6)32-14-18-21(30-5)19(29-4)9-11-25-18/h7-9,11,13,20H,10,12,14H2,1-6H3/t20-/m1/s1. The third-order valence-electron chi connectivity index (χ3n) is 5.14. The molecule has 3 rings (SSSR count).